The molecule has 0 aromatic rings. The fraction of sp³-hybridized carbons (Fsp3) is 0.800. The average molecular weight is 378 g/mol. The van der Waals surface area contributed by atoms with Crippen molar-refractivity contribution in [2.24, 2.45) is 0 Å². The zero-order valence-electron chi connectivity index (χ0n) is 18.4. The monoisotopic (exact) mass is 377 g/mol. The minimum Gasteiger partial charge on any atom is -0.382 e. The maximum absolute atomic E-state index is 4.75. The fourth-order valence-corrected chi connectivity index (χ4v) is 5.50. The first-order valence-electron chi connectivity index (χ1n) is 9.14. The van der Waals surface area contributed by atoms with Crippen LogP contribution in [0.4, 0.5) is 0 Å². The predicted octanol–water partition coefficient (Wildman–Crippen LogP) is 7.72. The molecule has 0 aromatic carbocycles. The zero-order chi connectivity index (χ0) is 19.8. The number of ether oxygens (including phenoxy) is 1. The van der Waals surface area contributed by atoms with Gasteiger partial charge in [0.15, 0.2) is 0 Å². The van der Waals surface area contributed by atoms with E-state index in [0.717, 1.165) is 13.0 Å². The van der Waals surface area contributed by atoms with Crippen molar-refractivity contribution in [3.8, 4) is 0 Å². The van der Waals surface area contributed by atoms with Crippen LogP contribution >= 0.6 is 18.7 Å². The van der Waals surface area contributed by atoms with Crippen molar-refractivity contribution in [3.05, 3.63) is 23.5 Å². The molecule has 0 aliphatic heterocycles. The second-order valence-electron chi connectivity index (χ2n) is 6.46. The lowest BCUT2D eigenvalue weighted by atomic mass is 10.1. The molecule has 0 N–H and O–H groups in total. The molecule has 0 rings (SSSR count). The molecule has 24 heavy (non-hydrogen) atoms. The largest absolute Gasteiger partial charge is 0.382 e. The average Bonchev–Trinajstić information content (AvgIpc) is 2.51. The minimum atomic E-state index is -0.117. The molecule has 2 nitrogen and oxygen atoms in total. The second-order valence-corrected chi connectivity index (χ2v) is 10.6. The topological polar surface area (TPSA) is 12.5 Å². The molecule has 0 radical (unpaired) electrons. The van der Waals surface area contributed by atoms with Gasteiger partial charge in [-0.05, 0) is 79.1 Å². The van der Waals surface area contributed by atoms with Crippen LogP contribution in [-0.2, 0) is 4.74 Å². The summed E-state index contributed by atoms with van der Waals surface area (Å²) in [4.78, 5) is 0. The molecule has 0 aliphatic rings. The lowest BCUT2D eigenvalue weighted by Crippen LogP contribution is -2.35. The highest BCUT2D eigenvalue weighted by molar-refractivity contribution is 8.55. The summed E-state index contributed by atoms with van der Waals surface area (Å²) in [6, 6.07) is 0. The van der Waals surface area contributed by atoms with Crippen molar-refractivity contribution in [3.63, 3.8) is 0 Å². The third-order valence-corrected chi connectivity index (χ3v) is 6.45. The molecule has 0 bridgehead atoms. The molecular formula is C20H44NOPS. The van der Waals surface area contributed by atoms with Crippen LogP contribution in [0.25, 0.3) is 0 Å². The molecule has 0 aliphatic carbocycles. The van der Waals surface area contributed by atoms with Crippen molar-refractivity contribution < 1.29 is 4.74 Å². The van der Waals surface area contributed by atoms with Crippen LogP contribution in [0.2, 0.25) is 0 Å². The fourth-order valence-electron chi connectivity index (χ4n) is 1.47. The minimum absolute atomic E-state index is 0.117. The first-order chi connectivity index (χ1) is 11.1. The Morgan fingerprint density at radius 2 is 1.67 bits per heavy atom. The van der Waals surface area contributed by atoms with Crippen LogP contribution in [0.15, 0.2) is 23.5 Å². The van der Waals surface area contributed by atoms with Gasteiger partial charge in [-0.2, -0.15) is 0 Å². The Labute approximate surface area is 159 Å². The molecule has 1 unspecified atom stereocenters. The predicted molar refractivity (Wildman–Crippen MR) is 119 cm³/mol. The van der Waals surface area contributed by atoms with Crippen LogP contribution < -0.4 is 0 Å². The third-order valence-electron chi connectivity index (χ3n) is 2.74. The highest BCUT2D eigenvalue weighted by Gasteiger charge is 2.21. The van der Waals surface area contributed by atoms with E-state index in [1.54, 1.807) is 7.11 Å². The molecule has 0 saturated carbocycles. The molecule has 4 heteroatoms. The van der Waals surface area contributed by atoms with Crippen LogP contribution in [-0.4, -0.2) is 36.3 Å². The van der Waals surface area contributed by atoms with Gasteiger partial charge < -0.3 is 4.74 Å². The lowest BCUT2D eigenvalue weighted by molar-refractivity contribution is 0.134. The van der Waals surface area contributed by atoms with Crippen molar-refractivity contribution in [1.29, 1.82) is 0 Å². The summed E-state index contributed by atoms with van der Waals surface area (Å²) >= 11 is 2.00. The zero-order valence-corrected chi connectivity index (χ0v) is 20.1. The number of hydrogen-bond acceptors (Lipinski definition) is 3. The molecule has 0 spiro atoms. The van der Waals surface area contributed by atoms with E-state index < -0.39 is 0 Å². The van der Waals surface area contributed by atoms with Gasteiger partial charge in [0.05, 0.1) is 6.10 Å². The van der Waals surface area contributed by atoms with Crippen molar-refractivity contribution in [2.75, 3.05) is 20.3 Å². The first-order valence-corrected chi connectivity index (χ1v) is 12.4. The van der Waals surface area contributed by atoms with Crippen molar-refractivity contribution in [2.45, 2.75) is 87.3 Å². The summed E-state index contributed by atoms with van der Waals surface area (Å²) in [5.41, 5.74) is 1.63. The van der Waals surface area contributed by atoms with E-state index in [-0.39, 0.29) is 12.7 Å². The van der Waals surface area contributed by atoms with Gasteiger partial charge in [-0.3, -0.25) is 0 Å². The molecule has 1 atom stereocenters. The molecule has 0 fully saturated rings. The third kappa shape index (κ3) is 20.2. The van der Waals surface area contributed by atoms with E-state index in [4.69, 9.17) is 4.74 Å². The lowest BCUT2D eigenvalue weighted by Gasteiger charge is -2.34. The van der Waals surface area contributed by atoms with E-state index in [0.29, 0.717) is 6.10 Å². The van der Waals surface area contributed by atoms with E-state index >= 15 is 0 Å². The summed E-state index contributed by atoms with van der Waals surface area (Å²) < 4.78 is 7.23. The van der Waals surface area contributed by atoms with Gasteiger partial charge in [-0.25, -0.2) is 4.31 Å². The molecule has 146 valence electrons. The second kappa shape index (κ2) is 18.0. The van der Waals surface area contributed by atoms with Gasteiger partial charge in [0, 0.05) is 19.2 Å². The van der Waals surface area contributed by atoms with E-state index in [1.807, 2.05) is 39.3 Å². The van der Waals surface area contributed by atoms with E-state index in [9.17, 15) is 0 Å². The van der Waals surface area contributed by atoms with Gasteiger partial charge in [-0.15, -0.1) is 0 Å². The van der Waals surface area contributed by atoms with Gasteiger partial charge in [0.25, 0.3) is 0 Å². The Kier molecular flexibility index (Phi) is 21.7. The molecule has 0 saturated heterocycles. The van der Waals surface area contributed by atoms with E-state index in [2.05, 4.69) is 70.5 Å². The van der Waals surface area contributed by atoms with E-state index in [1.165, 1.54) is 5.57 Å². The molecule has 0 amide bonds. The summed E-state index contributed by atoms with van der Waals surface area (Å²) in [6.45, 7) is 24.9. The normalized spacial score (nSPS) is 13.5. The van der Waals surface area contributed by atoms with Gasteiger partial charge >= 0.3 is 0 Å². The summed E-state index contributed by atoms with van der Waals surface area (Å²) in [6.07, 6.45) is 5.95. The Bertz CT molecular complexity index is 322. The molecule has 0 heterocycles. The Morgan fingerprint density at radius 1 is 1.21 bits per heavy atom. The number of allylic oxidation sites excluding steroid dienone is 3. The Hall–Kier alpha value is 0.180. The number of methoxy groups -OCH3 is 1. The quantitative estimate of drug-likeness (QED) is 0.256. The number of hydrogen-bond donors (Lipinski definition) is 0. The van der Waals surface area contributed by atoms with Crippen LogP contribution in [0.5, 0.6) is 0 Å². The van der Waals surface area contributed by atoms with Crippen LogP contribution in [0.3, 0.4) is 0 Å². The van der Waals surface area contributed by atoms with Crippen LogP contribution in [0.1, 0.15) is 75.7 Å². The number of rotatable bonds is 7. The summed E-state index contributed by atoms with van der Waals surface area (Å²) in [5, 5.41) is 0. The standard InChI is InChI=1S/C14H28NPS.C4H10O.C2H6/c1-8-10-11-13(3)12-16(7)17-15(9-2)14(4,5)6;1-4(2)5-3;1-2/h10-12H,8-9H2,1-7H3;4H,1-3H3;1-2H3/b11-10-,13-12-;;. The molecule has 0 aromatic heterocycles. The van der Waals surface area contributed by atoms with Crippen molar-refractivity contribution >= 4 is 18.7 Å². The first kappa shape index (κ1) is 29.0. The highest BCUT2D eigenvalue weighted by Crippen LogP contribution is 2.52. The van der Waals surface area contributed by atoms with Crippen molar-refractivity contribution in [1.82, 2.24) is 4.31 Å². The van der Waals surface area contributed by atoms with Crippen LogP contribution in [0, 0.1) is 0 Å². The SMILES string of the molecule is CC.CC/C=C\C(C)=C/P(C)SN(CC)C(C)(C)C.COC(C)C. The summed E-state index contributed by atoms with van der Waals surface area (Å²) in [5.74, 6) is 2.40. The maximum atomic E-state index is 4.75. The summed E-state index contributed by atoms with van der Waals surface area (Å²) in [7, 11) is 1.58. The Morgan fingerprint density at radius 3 is 1.96 bits per heavy atom. The highest BCUT2D eigenvalue weighted by atomic mass is 32.7. The smallest absolute Gasteiger partial charge is 0.0515 e. The number of nitrogens with zero attached hydrogens (tertiary/aromatic N) is 1. The van der Waals surface area contributed by atoms with Gasteiger partial charge in [-0.1, -0.05) is 45.4 Å². The maximum Gasteiger partial charge on any atom is 0.0515 e. The van der Waals surface area contributed by atoms with Gasteiger partial charge in [0.1, 0.15) is 0 Å². The Balaban J connectivity index is -0.000000534. The van der Waals surface area contributed by atoms with Gasteiger partial charge in [0.2, 0.25) is 0 Å². The molecular weight excluding hydrogens is 333 g/mol.